The Labute approximate surface area is 92.3 Å². The number of hydrogen-bond acceptors (Lipinski definition) is 4. The van der Waals surface area contributed by atoms with E-state index in [1.807, 2.05) is 6.92 Å². The molecular weight excluding hydrogens is 194 g/mol. The number of rotatable bonds is 8. The van der Waals surface area contributed by atoms with Crippen molar-refractivity contribution in [1.29, 1.82) is 0 Å². The van der Waals surface area contributed by atoms with Crippen LogP contribution in [0.25, 0.3) is 0 Å². The van der Waals surface area contributed by atoms with Crippen LogP contribution in [0.4, 0.5) is 0 Å². The van der Waals surface area contributed by atoms with Gasteiger partial charge >= 0.3 is 0 Å². The predicted octanol–water partition coefficient (Wildman–Crippen LogP) is 0.805. The van der Waals surface area contributed by atoms with Gasteiger partial charge in [0.15, 0.2) is 0 Å². The van der Waals surface area contributed by atoms with Gasteiger partial charge in [-0.1, -0.05) is 0 Å². The molecule has 0 spiro atoms. The third kappa shape index (κ3) is 4.47. The van der Waals surface area contributed by atoms with Gasteiger partial charge in [0.05, 0.1) is 18.8 Å². The summed E-state index contributed by atoms with van der Waals surface area (Å²) in [5, 5.41) is 3.46. The maximum Gasteiger partial charge on any atom is 0.0928 e. The molecule has 0 aliphatic heterocycles. The summed E-state index contributed by atoms with van der Waals surface area (Å²) in [6, 6.07) is 0.594. The Morgan fingerprint density at radius 3 is 2.60 bits per heavy atom. The largest absolute Gasteiger partial charge is 0.382 e. The molecule has 0 aromatic carbocycles. The molecule has 4 heteroatoms. The minimum Gasteiger partial charge on any atom is -0.382 e. The molecule has 1 saturated carbocycles. The lowest BCUT2D eigenvalue weighted by molar-refractivity contribution is -0.0184. The lowest BCUT2D eigenvalue weighted by atomic mass is 9.89. The first kappa shape index (κ1) is 12.9. The Hall–Kier alpha value is -0.160. The summed E-state index contributed by atoms with van der Waals surface area (Å²) in [6.07, 6.45) is 2.87. The quantitative estimate of drug-likeness (QED) is 0.653. The summed E-state index contributed by atoms with van der Waals surface area (Å²) < 4.78 is 15.8. The highest BCUT2D eigenvalue weighted by atomic mass is 16.5. The van der Waals surface area contributed by atoms with Crippen molar-refractivity contribution in [2.45, 2.75) is 38.0 Å². The lowest BCUT2D eigenvalue weighted by Gasteiger charge is -2.36. The zero-order valence-corrected chi connectivity index (χ0v) is 9.99. The molecule has 15 heavy (non-hydrogen) atoms. The number of nitrogens with one attached hydrogen (secondary N) is 1. The topological polar surface area (TPSA) is 39.7 Å². The Bertz CT molecular complexity index is 160. The summed E-state index contributed by atoms with van der Waals surface area (Å²) >= 11 is 0. The van der Waals surface area contributed by atoms with Crippen molar-refractivity contribution in [3.63, 3.8) is 0 Å². The second-order valence-electron chi connectivity index (χ2n) is 3.97. The van der Waals surface area contributed by atoms with Crippen molar-refractivity contribution < 1.29 is 14.2 Å². The second-order valence-corrected chi connectivity index (χ2v) is 3.97. The van der Waals surface area contributed by atoms with Crippen LogP contribution in [-0.2, 0) is 14.2 Å². The van der Waals surface area contributed by atoms with Crippen LogP contribution in [0, 0.1) is 0 Å². The van der Waals surface area contributed by atoms with E-state index < -0.39 is 0 Å². The Morgan fingerprint density at radius 1 is 1.33 bits per heavy atom. The SMILES string of the molecule is CCOC1CC(NCC(COC)OC)C1. The minimum absolute atomic E-state index is 0.154. The second kappa shape index (κ2) is 7.17. The van der Waals surface area contributed by atoms with Gasteiger partial charge in [0.1, 0.15) is 0 Å². The fraction of sp³-hybridized carbons (Fsp3) is 1.00. The number of methoxy groups -OCH3 is 2. The van der Waals surface area contributed by atoms with Crippen LogP contribution in [0.1, 0.15) is 19.8 Å². The monoisotopic (exact) mass is 217 g/mol. The zero-order chi connectivity index (χ0) is 11.1. The van der Waals surface area contributed by atoms with E-state index in [1.54, 1.807) is 14.2 Å². The van der Waals surface area contributed by atoms with Crippen molar-refractivity contribution >= 4 is 0 Å². The lowest BCUT2D eigenvalue weighted by Crippen LogP contribution is -2.48. The molecule has 1 unspecified atom stereocenters. The summed E-state index contributed by atoms with van der Waals surface area (Å²) in [6.45, 7) is 4.36. The first-order valence-corrected chi connectivity index (χ1v) is 5.66. The first-order valence-electron chi connectivity index (χ1n) is 5.66. The molecule has 0 aromatic heterocycles. The van der Waals surface area contributed by atoms with Gasteiger partial charge in [-0.05, 0) is 19.8 Å². The number of hydrogen-bond donors (Lipinski definition) is 1. The molecule has 0 amide bonds. The predicted molar refractivity (Wildman–Crippen MR) is 59.1 cm³/mol. The standard InChI is InChI=1S/C11H23NO3/c1-4-15-10-5-9(6-10)12-7-11(14-3)8-13-2/h9-12H,4-8H2,1-3H3. The van der Waals surface area contributed by atoms with E-state index >= 15 is 0 Å². The van der Waals surface area contributed by atoms with Crippen molar-refractivity contribution in [2.75, 3.05) is 34.0 Å². The van der Waals surface area contributed by atoms with E-state index in [9.17, 15) is 0 Å². The molecule has 0 heterocycles. The highest BCUT2D eigenvalue weighted by Gasteiger charge is 2.29. The van der Waals surface area contributed by atoms with E-state index in [1.165, 1.54) is 0 Å². The average molecular weight is 217 g/mol. The third-order valence-corrected chi connectivity index (χ3v) is 2.82. The fourth-order valence-electron chi connectivity index (χ4n) is 1.80. The molecule has 1 aliphatic carbocycles. The van der Waals surface area contributed by atoms with Crippen LogP contribution < -0.4 is 5.32 Å². The third-order valence-electron chi connectivity index (χ3n) is 2.82. The van der Waals surface area contributed by atoms with Gasteiger partial charge in [0, 0.05) is 33.4 Å². The maximum atomic E-state index is 5.49. The van der Waals surface area contributed by atoms with Crippen LogP contribution in [0.5, 0.6) is 0 Å². The van der Waals surface area contributed by atoms with E-state index in [0.717, 1.165) is 26.0 Å². The molecule has 1 fully saturated rings. The van der Waals surface area contributed by atoms with Gasteiger partial charge in [0.2, 0.25) is 0 Å². The van der Waals surface area contributed by atoms with Gasteiger partial charge in [0.25, 0.3) is 0 Å². The molecule has 0 bridgehead atoms. The Balaban J connectivity index is 2.01. The van der Waals surface area contributed by atoms with Crippen molar-refractivity contribution in [3.05, 3.63) is 0 Å². The Kier molecular flexibility index (Phi) is 6.17. The van der Waals surface area contributed by atoms with E-state index in [2.05, 4.69) is 5.32 Å². The molecule has 0 radical (unpaired) electrons. The van der Waals surface area contributed by atoms with Gasteiger partial charge in [-0.25, -0.2) is 0 Å². The maximum absolute atomic E-state index is 5.49. The zero-order valence-electron chi connectivity index (χ0n) is 9.99. The highest BCUT2D eigenvalue weighted by molar-refractivity contribution is 4.86. The van der Waals surface area contributed by atoms with Gasteiger partial charge < -0.3 is 19.5 Å². The minimum atomic E-state index is 0.154. The Morgan fingerprint density at radius 2 is 2.07 bits per heavy atom. The molecule has 4 nitrogen and oxygen atoms in total. The molecular formula is C11H23NO3. The van der Waals surface area contributed by atoms with Crippen LogP contribution in [-0.4, -0.2) is 52.2 Å². The molecule has 1 aliphatic rings. The van der Waals surface area contributed by atoms with Crippen molar-refractivity contribution in [3.8, 4) is 0 Å². The summed E-state index contributed by atoms with van der Waals surface area (Å²) in [5.41, 5.74) is 0. The van der Waals surface area contributed by atoms with Crippen LogP contribution in [0.15, 0.2) is 0 Å². The average Bonchev–Trinajstić information content (AvgIpc) is 2.19. The molecule has 90 valence electrons. The van der Waals surface area contributed by atoms with Gasteiger partial charge in [-0.2, -0.15) is 0 Å². The van der Waals surface area contributed by atoms with Gasteiger partial charge in [-0.3, -0.25) is 0 Å². The van der Waals surface area contributed by atoms with Crippen molar-refractivity contribution in [2.24, 2.45) is 0 Å². The molecule has 1 atom stereocenters. The number of ether oxygens (including phenoxy) is 3. The fourth-order valence-corrected chi connectivity index (χ4v) is 1.80. The summed E-state index contributed by atoms with van der Waals surface area (Å²) in [7, 11) is 3.41. The highest BCUT2D eigenvalue weighted by Crippen LogP contribution is 2.22. The summed E-state index contributed by atoms with van der Waals surface area (Å²) in [4.78, 5) is 0. The smallest absolute Gasteiger partial charge is 0.0928 e. The van der Waals surface area contributed by atoms with Crippen LogP contribution >= 0.6 is 0 Å². The summed E-state index contributed by atoms with van der Waals surface area (Å²) in [5.74, 6) is 0. The van der Waals surface area contributed by atoms with E-state index in [-0.39, 0.29) is 6.10 Å². The molecule has 1 N–H and O–H groups in total. The molecule has 1 rings (SSSR count). The van der Waals surface area contributed by atoms with Crippen molar-refractivity contribution in [1.82, 2.24) is 5.32 Å². The van der Waals surface area contributed by atoms with Gasteiger partial charge in [-0.15, -0.1) is 0 Å². The normalized spacial score (nSPS) is 27.4. The van der Waals surface area contributed by atoms with Crippen LogP contribution in [0.3, 0.4) is 0 Å². The van der Waals surface area contributed by atoms with E-state index in [4.69, 9.17) is 14.2 Å². The molecule has 0 saturated heterocycles. The van der Waals surface area contributed by atoms with Crippen LogP contribution in [0.2, 0.25) is 0 Å². The molecule has 0 aromatic rings. The first-order chi connectivity index (χ1) is 7.30. The van der Waals surface area contributed by atoms with E-state index in [0.29, 0.717) is 18.8 Å².